The van der Waals surface area contributed by atoms with Crippen molar-refractivity contribution in [2.75, 3.05) is 5.32 Å². The molecule has 0 saturated carbocycles. The third-order valence-electron chi connectivity index (χ3n) is 2.57. The molecule has 0 aliphatic heterocycles. The highest BCUT2D eigenvalue weighted by molar-refractivity contribution is 7.15. The van der Waals surface area contributed by atoms with Gasteiger partial charge in [-0.15, -0.1) is 10.2 Å². The second-order valence-electron chi connectivity index (χ2n) is 4.04. The number of rotatable bonds is 4. The molecule has 19 heavy (non-hydrogen) atoms. The van der Waals surface area contributed by atoms with E-state index in [1.54, 1.807) is 6.08 Å². The van der Waals surface area contributed by atoms with Gasteiger partial charge in [0.05, 0.1) is 0 Å². The Labute approximate surface area is 116 Å². The molecule has 1 aromatic carbocycles. The fourth-order valence-corrected chi connectivity index (χ4v) is 2.13. The van der Waals surface area contributed by atoms with Gasteiger partial charge in [-0.25, -0.2) is 0 Å². The van der Waals surface area contributed by atoms with E-state index >= 15 is 0 Å². The number of aryl methyl sites for hydroxylation is 2. The third kappa shape index (κ3) is 3.99. The molecule has 0 atom stereocenters. The first-order valence-electron chi connectivity index (χ1n) is 6.05. The van der Waals surface area contributed by atoms with Gasteiger partial charge in [-0.05, 0) is 30.5 Å². The fourth-order valence-electron chi connectivity index (χ4n) is 1.53. The van der Waals surface area contributed by atoms with Crippen molar-refractivity contribution in [3.05, 3.63) is 46.5 Å². The predicted molar refractivity (Wildman–Crippen MR) is 78.1 cm³/mol. The van der Waals surface area contributed by atoms with E-state index in [0.29, 0.717) is 5.13 Å². The van der Waals surface area contributed by atoms with Crippen molar-refractivity contribution >= 4 is 28.5 Å². The van der Waals surface area contributed by atoms with Gasteiger partial charge in [0.1, 0.15) is 5.01 Å². The molecular weight excluding hydrogens is 258 g/mol. The van der Waals surface area contributed by atoms with Crippen LogP contribution < -0.4 is 5.32 Å². The Bertz CT molecular complexity index is 587. The standard InChI is InChI=1S/C14H15N3OS/c1-3-11-4-6-12(7-5-11)8-9-13(18)15-14-17-16-10(2)19-14/h4-9H,3H2,1-2H3,(H,15,17,18)/b9-8+. The average molecular weight is 273 g/mol. The van der Waals surface area contributed by atoms with Crippen molar-refractivity contribution in [3.63, 3.8) is 0 Å². The molecule has 1 aromatic heterocycles. The summed E-state index contributed by atoms with van der Waals surface area (Å²) in [4.78, 5) is 11.7. The summed E-state index contributed by atoms with van der Waals surface area (Å²) in [6.45, 7) is 3.96. The van der Waals surface area contributed by atoms with Crippen molar-refractivity contribution in [2.45, 2.75) is 20.3 Å². The predicted octanol–water partition coefficient (Wildman–Crippen LogP) is 3.06. The molecule has 0 aliphatic rings. The van der Waals surface area contributed by atoms with Crippen LogP contribution in [-0.2, 0) is 11.2 Å². The van der Waals surface area contributed by atoms with E-state index in [9.17, 15) is 4.79 Å². The van der Waals surface area contributed by atoms with Gasteiger partial charge in [0, 0.05) is 6.08 Å². The van der Waals surface area contributed by atoms with Gasteiger partial charge in [-0.3, -0.25) is 10.1 Å². The molecular formula is C14H15N3OS. The minimum absolute atomic E-state index is 0.198. The number of benzene rings is 1. The molecule has 0 fully saturated rings. The molecule has 0 bridgehead atoms. The zero-order chi connectivity index (χ0) is 13.7. The molecule has 1 N–H and O–H groups in total. The minimum atomic E-state index is -0.198. The Balaban J connectivity index is 1.95. The molecule has 5 heteroatoms. The lowest BCUT2D eigenvalue weighted by molar-refractivity contribution is -0.111. The summed E-state index contributed by atoms with van der Waals surface area (Å²) in [6, 6.07) is 8.12. The summed E-state index contributed by atoms with van der Waals surface area (Å²) in [6.07, 6.45) is 4.29. The van der Waals surface area contributed by atoms with Crippen LogP contribution in [0.4, 0.5) is 5.13 Å². The van der Waals surface area contributed by atoms with Crippen LogP contribution in [0, 0.1) is 6.92 Å². The maximum Gasteiger partial charge on any atom is 0.250 e. The van der Waals surface area contributed by atoms with Gasteiger partial charge in [0.25, 0.3) is 0 Å². The van der Waals surface area contributed by atoms with Crippen LogP contribution in [0.1, 0.15) is 23.1 Å². The second-order valence-corrected chi connectivity index (χ2v) is 5.23. The summed E-state index contributed by atoms with van der Waals surface area (Å²) >= 11 is 1.35. The summed E-state index contributed by atoms with van der Waals surface area (Å²) in [5.41, 5.74) is 2.28. The SMILES string of the molecule is CCc1ccc(/C=C/C(=O)Nc2nnc(C)s2)cc1. The molecule has 0 unspecified atom stereocenters. The monoisotopic (exact) mass is 273 g/mol. The first-order valence-corrected chi connectivity index (χ1v) is 6.87. The van der Waals surface area contributed by atoms with E-state index in [2.05, 4.69) is 34.6 Å². The van der Waals surface area contributed by atoms with E-state index in [-0.39, 0.29) is 5.91 Å². The lowest BCUT2D eigenvalue weighted by atomic mass is 10.1. The number of carbonyl (C=O) groups excluding carboxylic acids is 1. The Hall–Kier alpha value is -2.01. The number of nitrogens with one attached hydrogen (secondary N) is 1. The Morgan fingerprint density at radius 3 is 2.63 bits per heavy atom. The fraction of sp³-hybridized carbons (Fsp3) is 0.214. The molecule has 0 aliphatic carbocycles. The topological polar surface area (TPSA) is 54.9 Å². The van der Waals surface area contributed by atoms with Crippen molar-refractivity contribution < 1.29 is 4.79 Å². The van der Waals surface area contributed by atoms with E-state index in [1.165, 1.54) is 23.0 Å². The molecule has 0 spiro atoms. The zero-order valence-electron chi connectivity index (χ0n) is 10.9. The van der Waals surface area contributed by atoms with Gasteiger partial charge in [-0.2, -0.15) is 0 Å². The van der Waals surface area contributed by atoms with E-state index in [1.807, 2.05) is 19.1 Å². The van der Waals surface area contributed by atoms with E-state index in [4.69, 9.17) is 0 Å². The lowest BCUT2D eigenvalue weighted by Gasteiger charge is -1.97. The maximum absolute atomic E-state index is 11.7. The van der Waals surface area contributed by atoms with Crippen LogP contribution in [0.25, 0.3) is 6.08 Å². The lowest BCUT2D eigenvalue weighted by Crippen LogP contribution is -2.07. The molecule has 2 rings (SSSR count). The molecule has 1 heterocycles. The third-order valence-corrected chi connectivity index (χ3v) is 3.33. The Morgan fingerprint density at radius 2 is 2.05 bits per heavy atom. The molecule has 98 valence electrons. The van der Waals surface area contributed by atoms with Crippen LogP contribution in [0.3, 0.4) is 0 Å². The second kappa shape index (κ2) is 6.24. The van der Waals surface area contributed by atoms with Crippen LogP contribution in [0.15, 0.2) is 30.3 Å². The minimum Gasteiger partial charge on any atom is -0.297 e. The summed E-state index contributed by atoms with van der Waals surface area (Å²) in [5, 5.41) is 11.7. The number of carbonyl (C=O) groups is 1. The van der Waals surface area contributed by atoms with Crippen LogP contribution in [-0.4, -0.2) is 16.1 Å². The van der Waals surface area contributed by atoms with E-state index < -0.39 is 0 Å². The highest BCUT2D eigenvalue weighted by Crippen LogP contribution is 2.13. The van der Waals surface area contributed by atoms with Gasteiger partial charge in [0.2, 0.25) is 11.0 Å². The van der Waals surface area contributed by atoms with Crippen molar-refractivity contribution in [3.8, 4) is 0 Å². The number of hydrogen-bond donors (Lipinski definition) is 1. The van der Waals surface area contributed by atoms with Crippen LogP contribution >= 0.6 is 11.3 Å². The van der Waals surface area contributed by atoms with Gasteiger partial charge in [-0.1, -0.05) is 42.5 Å². The molecule has 0 radical (unpaired) electrons. The summed E-state index contributed by atoms with van der Waals surface area (Å²) in [5.74, 6) is -0.198. The van der Waals surface area contributed by atoms with Gasteiger partial charge < -0.3 is 0 Å². The average Bonchev–Trinajstić information content (AvgIpc) is 2.82. The normalized spacial score (nSPS) is 10.8. The number of aromatic nitrogens is 2. The molecule has 1 amide bonds. The van der Waals surface area contributed by atoms with Crippen molar-refractivity contribution in [2.24, 2.45) is 0 Å². The molecule has 2 aromatic rings. The quantitative estimate of drug-likeness (QED) is 0.871. The summed E-state index contributed by atoms with van der Waals surface area (Å²) in [7, 11) is 0. The molecule has 0 saturated heterocycles. The van der Waals surface area contributed by atoms with Gasteiger partial charge >= 0.3 is 0 Å². The van der Waals surface area contributed by atoms with Crippen molar-refractivity contribution in [1.82, 2.24) is 10.2 Å². The Morgan fingerprint density at radius 1 is 1.32 bits per heavy atom. The van der Waals surface area contributed by atoms with Gasteiger partial charge in [0.15, 0.2) is 0 Å². The molecule has 4 nitrogen and oxygen atoms in total. The number of nitrogens with zero attached hydrogens (tertiary/aromatic N) is 2. The highest BCUT2D eigenvalue weighted by atomic mass is 32.1. The largest absolute Gasteiger partial charge is 0.297 e. The maximum atomic E-state index is 11.7. The first-order chi connectivity index (χ1) is 9.17. The zero-order valence-corrected chi connectivity index (χ0v) is 11.7. The van der Waals surface area contributed by atoms with Crippen LogP contribution in [0.5, 0.6) is 0 Å². The number of anilines is 1. The highest BCUT2D eigenvalue weighted by Gasteiger charge is 2.02. The van der Waals surface area contributed by atoms with Crippen molar-refractivity contribution in [1.29, 1.82) is 0 Å². The first kappa shape index (κ1) is 13.4. The summed E-state index contributed by atoms with van der Waals surface area (Å²) < 4.78 is 0. The van der Waals surface area contributed by atoms with Crippen LogP contribution in [0.2, 0.25) is 0 Å². The number of hydrogen-bond acceptors (Lipinski definition) is 4. The number of amides is 1. The Kier molecular flexibility index (Phi) is 4.41. The van der Waals surface area contributed by atoms with E-state index in [0.717, 1.165) is 17.0 Å². The smallest absolute Gasteiger partial charge is 0.250 e.